The van der Waals surface area contributed by atoms with Gasteiger partial charge in [0.25, 0.3) is 0 Å². The lowest BCUT2D eigenvalue weighted by atomic mass is 9.48. The number of hydrogen-bond acceptors (Lipinski definition) is 4. The maximum atomic E-state index is 14.9. The minimum absolute atomic E-state index is 0.160. The zero-order valence-electron chi connectivity index (χ0n) is 26.7. The lowest BCUT2D eigenvalue weighted by molar-refractivity contribution is -0.140. The van der Waals surface area contributed by atoms with Crippen molar-refractivity contribution in [1.82, 2.24) is 10.2 Å². The van der Waals surface area contributed by atoms with Crippen molar-refractivity contribution in [3.8, 4) is 0 Å². The molecule has 1 atom stereocenters. The number of hydrogen-bond donors (Lipinski definition) is 1. The summed E-state index contributed by atoms with van der Waals surface area (Å²) in [6.07, 6.45) is 8.87. The SMILES string of the molecule is CCNC(=O)C(Cc1ccccc1)N(Cc1ccccc1F)C(=O)CN(c1ccc(C23CC4CC(CC(C4)C2)C3)cc1)S(C)(=O)=O. The van der Waals surface area contributed by atoms with Crippen molar-refractivity contribution in [3.05, 3.63) is 101 Å². The number of amides is 2. The van der Waals surface area contributed by atoms with Gasteiger partial charge in [-0.15, -0.1) is 0 Å². The van der Waals surface area contributed by atoms with Gasteiger partial charge in [0, 0.05) is 25.1 Å². The highest BCUT2D eigenvalue weighted by molar-refractivity contribution is 7.92. The number of carbonyl (C=O) groups excluding carboxylic acids is 2. The highest BCUT2D eigenvalue weighted by Gasteiger charge is 2.51. The summed E-state index contributed by atoms with van der Waals surface area (Å²) in [4.78, 5) is 29.1. The van der Waals surface area contributed by atoms with E-state index in [0.717, 1.165) is 33.9 Å². The maximum Gasteiger partial charge on any atom is 0.244 e. The number of sulfonamides is 1. The first-order chi connectivity index (χ1) is 22.0. The van der Waals surface area contributed by atoms with Crippen LogP contribution in [0.3, 0.4) is 0 Å². The van der Waals surface area contributed by atoms with Gasteiger partial charge in [-0.05, 0) is 97.9 Å². The Kier molecular flexibility index (Phi) is 9.24. The third kappa shape index (κ3) is 6.85. The van der Waals surface area contributed by atoms with Gasteiger partial charge in [0.1, 0.15) is 18.4 Å². The Morgan fingerprint density at radius 2 is 1.48 bits per heavy atom. The van der Waals surface area contributed by atoms with Crippen LogP contribution in [0.2, 0.25) is 0 Å². The topological polar surface area (TPSA) is 86.8 Å². The van der Waals surface area contributed by atoms with E-state index < -0.39 is 34.3 Å². The number of carbonyl (C=O) groups is 2. The predicted molar refractivity (Wildman–Crippen MR) is 178 cm³/mol. The molecule has 7 rings (SSSR count). The van der Waals surface area contributed by atoms with Gasteiger partial charge in [-0.25, -0.2) is 12.8 Å². The van der Waals surface area contributed by atoms with Gasteiger partial charge >= 0.3 is 0 Å². The van der Waals surface area contributed by atoms with Crippen molar-refractivity contribution in [2.45, 2.75) is 69.9 Å². The molecule has 3 aromatic rings. The third-order valence-electron chi connectivity index (χ3n) is 10.4. The van der Waals surface area contributed by atoms with Crippen LogP contribution >= 0.6 is 0 Å². The van der Waals surface area contributed by atoms with Gasteiger partial charge in [-0.3, -0.25) is 13.9 Å². The van der Waals surface area contributed by atoms with Crippen molar-refractivity contribution in [1.29, 1.82) is 0 Å². The largest absolute Gasteiger partial charge is 0.355 e. The minimum Gasteiger partial charge on any atom is -0.355 e. The van der Waals surface area contributed by atoms with Gasteiger partial charge < -0.3 is 10.2 Å². The first kappa shape index (κ1) is 32.2. The van der Waals surface area contributed by atoms with Gasteiger partial charge in [-0.1, -0.05) is 60.7 Å². The van der Waals surface area contributed by atoms with E-state index in [9.17, 15) is 22.4 Å². The molecular weight excluding hydrogens is 601 g/mol. The molecule has 9 heteroatoms. The van der Waals surface area contributed by atoms with Gasteiger partial charge in [-0.2, -0.15) is 0 Å². The molecule has 4 aliphatic rings. The average Bonchev–Trinajstić information content (AvgIpc) is 3.02. The summed E-state index contributed by atoms with van der Waals surface area (Å²) in [5.41, 5.74) is 2.88. The van der Waals surface area contributed by atoms with Crippen LogP contribution in [0.1, 0.15) is 62.1 Å². The lowest BCUT2D eigenvalue weighted by Gasteiger charge is -2.57. The zero-order chi connectivity index (χ0) is 32.5. The quantitative estimate of drug-likeness (QED) is 0.268. The molecule has 4 saturated carbocycles. The molecule has 0 aliphatic heterocycles. The number of nitrogens with zero attached hydrogens (tertiary/aromatic N) is 2. The van der Waals surface area contributed by atoms with Gasteiger partial charge in [0.05, 0.1) is 11.9 Å². The molecule has 0 radical (unpaired) electrons. The van der Waals surface area contributed by atoms with E-state index in [0.29, 0.717) is 12.2 Å². The number of halogens is 1. The summed E-state index contributed by atoms with van der Waals surface area (Å²) in [5.74, 6) is 0.864. The van der Waals surface area contributed by atoms with E-state index in [1.54, 1.807) is 25.1 Å². The number of nitrogens with one attached hydrogen (secondary N) is 1. The van der Waals surface area contributed by atoms with Crippen molar-refractivity contribution >= 4 is 27.5 Å². The van der Waals surface area contributed by atoms with Gasteiger partial charge in [0.2, 0.25) is 21.8 Å². The summed E-state index contributed by atoms with van der Waals surface area (Å²) in [6, 6.07) is 22.2. The van der Waals surface area contributed by atoms with Crippen LogP contribution < -0.4 is 9.62 Å². The Hall–Kier alpha value is -3.72. The molecular formula is C37H44FN3O4S. The molecule has 3 aromatic carbocycles. The highest BCUT2D eigenvalue weighted by Crippen LogP contribution is 2.60. The fraction of sp³-hybridized carbons (Fsp3) is 0.459. The van der Waals surface area contributed by atoms with Crippen LogP contribution in [0, 0.1) is 23.6 Å². The Bertz CT molecular complexity index is 1630. The Labute approximate surface area is 272 Å². The Balaban J connectivity index is 1.30. The summed E-state index contributed by atoms with van der Waals surface area (Å²) >= 11 is 0. The molecule has 1 N–H and O–H groups in total. The summed E-state index contributed by atoms with van der Waals surface area (Å²) < 4.78 is 42.5. The number of anilines is 1. The fourth-order valence-corrected chi connectivity index (χ4v) is 9.56. The lowest BCUT2D eigenvalue weighted by Crippen LogP contribution is -2.53. The van der Waals surface area contributed by atoms with E-state index in [-0.39, 0.29) is 29.9 Å². The fourth-order valence-electron chi connectivity index (χ4n) is 8.72. The monoisotopic (exact) mass is 645 g/mol. The van der Waals surface area contributed by atoms with E-state index >= 15 is 0 Å². The molecule has 0 saturated heterocycles. The molecule has 46 heavy (non-hydrogen) atoms. The molecule has 4 aliphatic carbocycles. The van der Waals surface area contributed by atoms with Crippen molar-refractivity contribution in [3.63, 3.8) is 0 Å². The van der Waals surface area contributed by atoms with E-state index in [1.807, 2.05) is 42.5 Å². The molecule has 2 amide bonds. The van der Waals surface area contributed by atoms with E-state index in [2.05, 4.69) is 17.4 Å². The first-order valence-corrected chi connectivity index (χ1v) is 18.3. The van der Waals surface area contributed by atoms with E-state index in [4.69, 9.17) is 0 Å². The molecule has 7 nitrogen and oxygen atoms in total. The number of rotatable bonds is 12. The Morgan fingerprint density at radius 3 is 2.04 bits per heavy atom. The van der Waals surface area contributed by atoms with Crippen LogP contribution in [0.25, 0.3) is 0 Å². The molecule has 0 aromatic heterocycles. The summed E-state index contributed by atoms with van der Waals surface area (Å²) in [7, 11) is -3.89. The number of benzene rings is 3. The Morgan fingerprint density at radius 1 is 0.891 bits per heavy atom. The molecule has 4 fully saturated rings. The molecule has 1 unspecified atom stereocenters. The third-order valence-corrected chi connectivity index (χ3v) is 11.5. The van der Waals surface area contributed by atoms with Crippen LogP contribution in [0.5, 0.6) is 0 Å². The van der Waals surface area contributed by atoms with Crippen LogP contribution in [0.15, 0.2) is 78.9 Å². The average molecular weight is 646 g/mol. The van der Waals surface area contributed by atoms with Crippen molar-refractivity contribution in [2.75, 3.05) is 23.7 Å². The summed E-state index contributed by atoms with van der Waals surface area (Å²) in [6.45, 7) is 1.42. The second kappa shape index (κ2) is 13.2. The van der Waals surface area contributed by atoms with Crippen molar-refractivity contribution < 1.29 is 22.4 Å². The predicted octanol–water partition coefficient (Wildman–Crippen LogP) is 5.84. The second-order valence-corrected chi connectivity index (χ2v) is 15.6. The van der Waals surface area contributed by atoms with Crippen LogP contribution in [-0.2, 0) is 38.0 Å². The normalized spacial score (nSPS) is 23.9. The highest BCUT2D eigenvalue weighted by atomic mass is 32.2. The molecule has 0 spiro atoms. The maximum absolute atomic E-state index is 14.9. The second-order valence-electron chi connectivity index (χ2n) is 13.7. The standard InChI is InChI=1S/C37H44FN3O4S/c1-3-39-36(43)34(20-26-9-5-4-6-10-26)40(24-30-11-7-8-12-33(30)38)35(42)25-41(46(2,44)45)32-15-13-31(14-16-32)37-21-27-17-28(22-37)19-29(18-27)23-37/h4-16,27-29,34H,3,17-25H2,1-2H3,(H,39,43). The van der Waals surface area contributed by atoms with Crippen LogP contribution in [0.4, 0.5) is 10.1 Å². The number of likely N-dealkylation sites (N-methyl/N-ethyl adjacent to an activating group) is 1. The summed E-state index contributed by atoms with van der Waals surface area (Å²) in [5, 5.41) is 2.82. The zero-order valence-corrected chi connectivity index (χ0v) is 27.5. The van der Waals surface area contributed by atoms with Crippen LogP contribution in [-0.4, -0.2) is 50.5 Å². The molecule has 4 bridgehead atoms. The minimum atomic E-state index is -3.89. The first-order valence-electron chi connectivity index (χ1n) is 16.5. The van der Waals surface area contributed by atoms with Crippen molar-refractivity contribution in [2.24, 2.45) is 17.8 Å². The molecule has 244 valence electrons. The smallest absolute Gasteiger partial charge is 0.244 e. The van der Waals surface area contributed by atoms with Gasteiger partial charge in [0.15, 0.2) is 0 Å². The van der Waals surface area contributed by atoms with E-state index in [1.165, 1.54) is 55.1 Å². The molecule has 0 heterocycles.